The highest BCUT2D eigenvalue weighted by molar-refractivity contribution is 5.90. The molecule has 0 aliphatic rings. The number of aryl methyl sites for hydroxylation is 1. The van der Waals surface area contributed by atoms with Crippen LogP contribution in [-0.2, 0) is 6.54 Å². The van der Waals surface area contributed by atoms with Gasteiger partial charge in [-0.25, -0.2) is 4.79 Å². The average molecular weight is 378 g/mol. The molecule has 0 spiro atoms. The summed E-state index contributed by atoms with van der Waals surface area (Å²) in [5.74, 6) is 1.54. The zero-order valence-electron chi connectivity index (χ0n) is 15.9. The van der Waals surface area contributed by atoms with Gasteiger partial charge in [0.2, 0.25) is 11.7 Å². The molecular formula is C21H22N4O3. The van der Waals surface area contributed by atoms with Crippen molar-refractivity contribution >= 4 is 11.7 Å². The van der Waals surface area contributed by atoms with E-state index in [9.17, 15) is 4.79 Å². The van der Waals surface area contributed by atoms with Gasteiger partial charge in [-0.05, 0) is 42.8 Å². The molecule has 2 amide bonds. The molecule has 1 aromatic heterocycles. The highest BCUT2D eigenvalue weighted by Gasteiger charge is 2.18. The smallest absolute Gasteiger partial charge is 0.322 e. The van der Waals surface area contributed by atoms with Crippen molar-refractivity contribution < 1.29 is 14.1 Å². The second-order valence-corrected chi connectivity index (χ2v) is 6.15. The van der Waals surface area contributed by atoms with Crippen LogP contribution in [-0.4, -0.2) is 34.7 Å². The van der Waals surface area contributed by atoms with Crippen LogP contribution in [0.5, 0.6) is 5.75 Å². The van der Waals surface area contributed by atoms with Crippen LogP contribution >= 0.6 is 0 Å². The normalized spacial score (nSPS) is 10.4. The molecule has 0 fully saturated rings. The third kappa shape index (κ3) is 4.56. The van der Waals surface area contributed by atoms with Crippen molar-refractivity contribution in [3.8, 4) is 17.1 Å². The monoisotopic (exact) mass is 378 g/mol. The van der Waals surface area contributed by atoms with Crippen LogP contribution in [0.25, 0.3) is 11.4 Å². The first-order valence-electron chi connectivity index (χ1n) is 8.80. The van der Waals surface area contributed by atoms with Crippen molar-refractivity contribution in [1.82, 2.24) is 15.0 Å². The highest BCUT2D eigenvalue weighted by Crippen LogP contribution is 2.20. The van der Waals surface area contributed by atoms with E-state index >= 15 is 0 Å². The van der Waals surface area contributed by atoms with Gasteiger partial charge in [0.1, 0.15) is 12.3 Å². The molecule has 0 aliphatic carbocycles. The van der Waals surface area contributed by atoms with Crippen molar-refractivity contribution in [2.45, 2.75) is 13.5 Å². The number of urea groups is 1. The number of amides is 2. The zero-order valence-corrected chi connectivity index (χ0v) is 15.9. The number of rotatable bonds is 7. The van der Waals surface area contributed by atoms with Gasteiger partial charge < -0.3 is 19.5 Å². The molecule has 3 aromatic rings. The maximum absolute atomic E-state index is 12.7. The Morgan fingerprint density at radius 3 is 2.68 bits per heavy atom. The molecule has 0 saturated heterocycles. The molecule has 2 aromatic carbocycles. The lowest BCUT2D eigenvalue weighted by Crippen LogP contribution is -2.34. The number of anilines is 1. The fourth-order valence-electron chi connectivity index (χ4n) is 2.62. The Labute approximate surface area is 163 Å². The Morgan fingerprint density at radius 1 is 1.25 bits per heavy atom. The number of hydrogen-bond acceptors (Lipinski definition) is 5. The molecule has 28 heavy (non-hydrogen) atoms. The van der Waals surface area contributed by atoms with E-state index in [-0.39, 0.29) is 12.6 Å². The Balaban J connectivity index is 1.71. The predicted octanol–water partition coefficient (Wildman–Crippen LogP) is 4.27. The Morgan fingerprint density at radius 2 is 2.00 bits per heavy atom. The summed E-state index contributed by atoms with van der Waals surface area (Å²) < 4.78 is 10.5. The van der Waals surface area contributed by atoms with E-state index in [0.29, 0.717) is 18.3 Å². The number of nitrogens with zero attached hydrogens (tertiary/aromatic N) is 3. The van der Waals surface area contributed by atoms with E-state index < -0.39 is 0 Å². The number of ether oxygens (including phenoxy) is 1. The summed E-state index contributed by atoms with van der Waals surface area (Å²) in [7, 11) is 1.61. The van der Waals surface area contributed by atoms with Crippen molar-refractivity contribution in [3.05, 3.63) is 72.6 Å². The molecule has 7 nitrogen and oxygen atoms in total. The minimum Gasteiger partial charge on any atom is -0.497 e. The van der Waals surface area contributed by atoms with Crippen molar-refractivity contribution in [3.63, 3.8) is 0 Å². The van der Waals surface area contributed by atoms with Gasteiger partial charge in [-0.1, -0.05) is 29.4 Å². The van der Waals surface area contributed by atoms with E-state index in [1.54, 1.807) is 18.1 Å². The van der Waals surface area contributed by atoms with Crippen LogP contribution in [0.3, 0.4) is 0 Å². The van der Waals surface area contributed by atoms with Gasteiger partial charge in [0, 0.05) is 17.8 Å². The van der Waals surface area contributed by atoms with Crippen LogP contribution in [0.15, 0.2) is 65.7 Å². The van der Waals surface area contributed by atoms with Gasteiger partial charge in [0.25, 0.3) is 0 Å². The third-order valence-corrected chi connectivity index (χ3v) is 4.17. The highest BCUT2D eigenvalue weighted by atomic mass is 16.5. The van der Waals surface area contributed by atoms with Crippen LogP contribution in [0.1, 0.15) is 11.5 Å². The molecule has 1 N–H and O–H groups in total. The molecule has 0 bridgehead atoms. The van der Waals surface area contributed by atoms with Crippen molar-refractivity contribution in [2.24, 2.45) is 0 Å². The summed E-state index contributed by atoms with van der Waals surface area (Å²) in [5.41, 5.74) is 2.54. The SMILES string of the molecule is C=CCN(Cc1nc(-c2ccc(OC)cc2)no1)C(=O)Nc1ccccc1C. The molecule has 0 atom stereocenters. The molecule has 3 rings (SSSR count). The van der Waals surface area contributed by atoms with Crippen molar-refractivity contribution in [1.29, 1.82) is 0 Å². The molecule has 1 heterocycles. The van der Waals surface area contributed by atoms with Crippen LogP contribution in [0, 0.1) is 6.92 Å². The maximum Gasteiger partial charge on any atom is 0.322 e. The zero-order chi connectivity index (χ0) is 19.9. The van der Waals surface area contributed by atoms with E-state index in [0.717, 1.165) is 22.6 Å². The minimum atomic E-state index is -0.265. The number of carbonyl (C=O) groups is 1. The van der Waals surface area contributed by atoms with Gasteiger partial charge in [-0.15, -0.1) is 6.58 Å². The predicted molar refractivity (Wildman–Crippen MR) is 107 cm³/mol. The van der Waals surface area contributed by atoms with E-state index in [4.69, 9.17) is 9.26 Å². The Bertz CT molecular complexity index is 950. The summed E-state index contributed by atoms with van der Waals surface area (Å²) in [5, 5.41) is 6.90. The van der Waals surface area contributed by atoms with Crippen LogP contribution in [0.2, 0.25) is 0 Å². The van der Waals surface area contributed by atoms with Gasteiger partial charge in [0.15, 0.2) is 0 Å². The average Bonchev–Trinajstić information content (AvgIpc) is 3.18. The molecule has 0 aliphatic heterocycles. The molecule has 0 saturated carbocycles. The van der Waals surface area contributed by atoms with Crippen molar-refractivity contribution in [2.75, 3.05) is 19.0 Å². The summed E-state index contributed by atoms with van der Waals surface area (Å²) in [6, 6.07) is 14.7. The topological polar surface area (TPSA) is 80.5 Å². The number of nitrogens with one attached hydrogen (secondary N) is 1. The summed E-state index contributed by atoms with van der Waals surface area (Å²) in [6.07, 6.45) is 1.65. The molecule has 7 heteroatoms. The molecule has 0 unspecified atom stereocenters. The standard InChI is InChI=1S/C21H22N4O3/c1-4-13-25(21(26)22-18-8-6-5-7-15(18)2)14-19-23-20(24-28-19)16-9-11-17(27-3)12-10-16/h4-12H,1,13-14H2,2-3H3,(H,22,26). The van der Waals surface area contributed by atoms with Crippen LogP contribution < -0.4 is 10.1 Å². The van der Waals surface area contributed by atoms with E-state index in [1.165, 1.54) is 0 Å². The van der Waals surface area contributed by atoms with Gasteiger partial charge in [-0.3, -0.25) is 0 Å². The Hall–Kier alpha value is -3.61. The van der Waals surface area contributed by atoms with Crippen LogP contribution in [0.4, 0.5) is 10.5 Å². The lowest BCUT2D eigenvalue weighted by molar-refractivity contribution is 0.206. The third-order valence-electron chi connectivity index (χ3n) is 4.17. The number of para-hydroxylation sites is 1. The second-order valence-electron chi connectivity index (χ2n) is 6.15. The first kappa shape index (κ1) is 19.2. The summed E-state index contributed by atoms with van der Waals surface area (Å²) >= 11 is 0. The fraction of sp³-hybridized carbons (Fsp3) is 0.190. The number of benzene rings is 2. The molecule has 0 radical (unpaired) electrons. The lowest BCUT2D eigenvalue weighted by atomic mass is 10.2. The largest absolute Gasteiger partial charge is 0.497 e. The summed E-state index contributed by atoms with van der Waals surface area (Å²) in [4.78, 5) is 18.6. The second kappa shape index (κ2) is 8.85. The number of aromatic nitrogens is 2. The Kier molecular flexibility index (Phi) is 6.06. The molecule has 144 valence electrons. The maximum atomic E-state index is 12.7. The number of hydrogen-bond donors (Lipinski definition) is 1. The number of carbonyl (C=O) groups excluding carboxylic acids is 1. The van der Waals surface area contributed by atoms with Gasteiger partial charge in [-0.2, -0.15) is 4.98 Å². The number of methoxy groups -OCH3 is 1. The van der Waals surface area contributed by atoms with E-state index in [2.05, 4.69) is 22.0 Å². The lowest BCUT2D eigenvalue weighted by Gasteiger charge is -2.20. The fourth-order valence-corrected chi connectivity index (χ4v) is 2.62. The van der Waals surface area contributed by atoms with Gasteiger partial charge in [0.05, 0.1) is 7.11 Å². The summed E-state index contributed by atoms with van der Waals surface area (Å²) in [6.45, 7) is 6.17. The van der Waals surface area contributed by atoms with E-state index in [1.807, 2.05) is 55.5 Å². The minimum absolute atomic E-state index is 0.174. The first-order chi connectivity index (χ1) is 13.6. The van der Waals surface area contributed by atoms with Gasteiger partial charge >= 0.3 is 6.03 Å². The molecular weight excluding hydrogens is 356 g/mol. The quantitative estimate of drug-likeness (QED) is 0.621. The first-order valence-corrected chi connectivity index (χ1v) is 8.80.